The summed E-state index contributed by atoms with van der Waals surface area (Å²) in [6.07, 6.45) is -25.1. The monoisotopic (exact) mass is 1210 g/mol. The van der Waals surface area contributed by atoms with Gasteiger partial charge in [-0.25, -0.2) is 14.4 Å². The van der Waals surface area contributed by atoms with Crippen molar-refractivity contribution >= 4 is 41.7 Å². The molecule has 22 heteroatoms. The van der Waals surface area contributed by atoms with E-state index in [2.05, 4.69) is 5.32 Å². The summed E-state index contributed by atoms with van der Waals surface area (Å²) in [5, 5.41) is 27.4. The predicted octanol–water partition coefficient (Wildman–Crippen LogP) is 5.92. The third-order valence-corrected chi connectivity index (χ3v) is 14.8. The summed E-state index contributed by atoms with van der Waals surface area (Å²) >= 11 is 0. The van der Waals surface area contributed by atoms with E-state index in [1.807, 2.05) is 91.0 Å². The van der Waals surface area contributed by atoms with Crippen molar-refractivity contribution in [3.8, 4) is 0 Å². The molecule has 6 aromatic carbocycles. The first kappa shape index (κ1) is 63.8. The normalized spacial score (nSPS) is 26.9. The van der Waals surface area contributed by atoms with Crippen LogP contribution in [0.1, 0.15) is 82.4 Å². The Morgan fingerprint density at radius 2 is 0.830 bits per heavy atom. The van der Waals surface area contributed by atoms with Crippen LogP contribution in [0.5, 0.6) is 0 Å². The maximum atomic E-state index is 14.4. The summed E-state index contributed by atoms with van der Waals surface area (Å²) in [5.41, 5.74) is 0.785. The van der Waals surface area contributed by atoms with E-state index in [9.17, 15) is 43.8 Å². The van der Waals surface area contributed by atoms with Crippen LogP contribution in [0.3, 0.4) is 0 Å². The van der Waals surface area contributed by atoms with Gasteiger partial charge in [0, 0.05) is 27.7 Å². The summed E-state index contributed by atoms with van der Waals surface area (Å²) in [4.78, 5) is 95.0. The van der Waals surface area contributed by atoms with Gasteiger partial charge in [0.15, 0.2) is 55.5 Å². The molecule has 462 valence electrons. The second-order valence-corrected chi connectivity index (χ2v) is 21.0. The van der Waals surface area contributed by atoms with Crippen molar-refractivity contribution in [2.75, 3.05) is 13.2 Å². The van der Waals surface area contributed by atoms with Gasteiger partial charge in [-0.3, -0.25) is 19.2 Å². The summed E-state index contributed by atoms with van der Waals surface area (Å²) in [5.74, 6) is -6.35. The lowest BCUT2D eigenvalue weighted by Crippen LogP contribution is -2.69. The minimum Gasteiger partial charge on any atom is -0.463 e. The number of hydrogen-bond acceptors (Lipinski definition) is 21. The van der Waals surface area contributed by atoms with E-state index >= 15 is 0 Å². The Morgan fingerprint density at radius 1 is 0.432 bits per heavy atom. The molecule has 15 atom stereocenters. The van der Waals surface area contributed by atoms with Crippen molar-refractivity contribution in [3.63, 3.8) is 0 Å². The molecule has 3 heterocycles. The van der Waals surface area contributed by atoms with Crippen LogP contribution in [-0.4, -0.2) is 157 Å². The molecule has 3 N–H and O–H groups in total. The Morgan fingerprint density at radius 3 is 1.27 bits per heavy atom. The van der Waals surface area contributed by atoms with Gasteiger partial charge in [0.2, 0.25) is 5.91 Å². The van der Waals surface area contributed by atoms with E-state index in [1.165, 1.54) is 43.3 Å². The minimum atomic E-state index is -2.06. The van der Waals surface area contributed by atoms with Crippen LogP contribution in [0.25, 0.3) is 0 Å². The van der Waals surface area contributed by atoms with E-state index in [0.29, 0.717) is 16.7 Å². The fourth-order valence-corrected chi connectivity index (χ4v) is 10.8. The van der Waals surface area contributed by atoms with E-state index in [-0.39, 0.29) is 16.7 Å². The lowest BCUT2D eigenvalue weighted by atomic mass is 9.80. The maximum Gasteiger partial charge on any atom is 0.338 e. The first-order valence-corrected chi connectivity index (χ1v) is 28.4. The van der Waals surface area contributed by atoms with E-state index in [1.54, 1.807) is 54.6 Å². The Bertz CT molecular complexity index is 3210. The second kappa shape index (κ2) is 29.3. The number of amides is 1. The smallest absolute Gasteiger partial charge is 0.338 e. The van der Waals surface area contributed by atoms with Crippen molar-refractivity contribution in [2.45, 2.75) is 132 Å². The molecule has 88 heavy (non-hydrogen) atoms. The molecule has 6 aromatic rings. The van der Waals surface area contributed by atoms with Gasteiger partial charge in [0.05, 0.1) is 29.4 Å². The summed E-state index contributed by atoms with van der Waals surface area (Å²) in [6.45, 7) is 4.59. The lowest BCUT2D eigenvalue weighted by molar-refractivity contribution is -0.379. The van der Waals surface area contributed by atoms with Gasteiger partial charge in [-0.1, -0.05) is 146 Å². The van der Waals surface area contributed by atoms with Crippen molar-refractivity contribution in [3.05, 3.63) is 215 Å². The fraction of sp³-hybridized carbons (Fsp3) is 0.348. The van der Waals surface area contributed by atoms with Gasteiger partial charge >= 0.3 is 35.8 Å². The zero-order valence-corrected chi connectivity index (χ0v) is 48.5. The molecule has 3 saturated heterocycles. The molecule has 3 aliphatic rings. The van der Waals surface area contributed by atoms with Gasteiger partial charge in [0.25, 0.3) is 0 Å². The number of hydrogen-bond donors (Lipinski definition) is 3. The highest BCUT2D eigenvalue weighted by Gasteiger charge is 2.59. The Balaban J connectivity index is 1.15. The van der Waals surface area contributed by atoms with E-state index in [0.717, 1.165) is 27.7 Å². The number of carbonyl (C=O) groups is 7. The van der Waals surface area contributed by atoms with Crippen LogP contribution in [0, 0.1) is 0 Å². The Hall–Kier alpha value is -8.71. The molecule has 3 aliphatic heterocycles. The van der Waals surface area contributed by atoms with Crippen LogP contribution in [-0.2, 0) is 81.6 Å². The van der Waals surface area contributed by atoms with Crippen molar-refractivity contribution in [1.82, 2.24) is 5.32 Å². The number of aliphatic hydroxyl groups excluding tert-OH is 2. The lowest BCUT2D eigenvalue weighted by Gasteiger charge is -2.50. The Kier molecular flexibility index (Phi) is 21.3. The van der Waals surface area contributed by atoms with Gasteiger partial charge in [-0.2, -0.15) is 0 Å². The third kappa shape index (κ3) is 15.2. The minimum absolute atomic E-state index is 0.00257. The SMILES string of the molecule is CC(=O)N[C@@H]1[C@@H](OC2O[C@H](COC(C)=O)[C@H](OC(C)=O)[C@H](OC(C)=O)[C@H]2O[C@@H]2O[C@@H](C)[C@@H](OC(=O)c3ccccc3)[C@@H](OC(=O)c3ccccc3)[C@@H]2OC(=O)c2ccccc2)[C@H](O)[C@@H](COC(c2ccccc2)(c2ccccc2)c2ccccc2)O[C@H]1O. The first-order valence-electron chi connectivity index (χ1n) is 28.4. The van der Waals surface area contributed by atoms with Gasteiger partial charge in [0.1, 0.15) is 42.7 Å². The molecule has 1 unspecified atom stereocenters. The molecule has 0 aromatic heterocycles. The molecule has 0 bridgehead atoms. The van der Waals surface area contributed by atoms with Gasteiger partial charge in [-0.15, -0.1) is 0 Å². The first-order chi connectivity index (χ1) is 42.4. The summed E-state index contributed by atoms with van der Waals surface area (Å²) in [6, 6.07) is 49.4. The number of aliphatic hydroxyl groups is 2. The van der Waals surface area contributed by atoms with Crippen LogP contribution in [0.15, 0.2) is 182 Å². The number of nitrogens with one attached hydrogen (secondary N) is 1. The number of benzene rings is 6. The molecular formula is C66H67NO21. The predicted molar refractivity (Wildman–Crippen MR) is 307 cm³/mol. The van der Waals surface area contributed by atoms with Crippen LogP contribution < -0.4 is 5.32 Å². The highest BCUT2D eigenvalue weighted by Crippen LogP contribution is 2.42. The Labute approximate surface area is 506 Å². The van der Waals surface area contributed by atoms with Crippen LogP contribution in [0.4, 0.5) is 0 Å². The fourth-order valence-electron chi connectivity index (χ4n) is 10.8. The molecule has 3 fully saturated rings. The molecule has 22 nitrogen and oxygen atoms in total. The zero-order valence-electron chi connectivity index (χ0n) is 48.5. The van der Waals surface area contributed by atoms with Crippen molar-refractivity contribution in [2.24, 2.45) is 0 Å². The van der Waals surface area contributed by atoms with Crippen LogP contribution in [0.2, 0.25) is 0 Å². The molecule has 0 aliphatic carbocycles. The molecule has 9 rings (SSSR count). The van der Waals surface area contributed by atoms with Crippen molar-refractivity contribution < 1.29 is 101 Å². The van der Waals surface area contributed by atoms with Gasteiger partial charge in [-0.05, 0) is 60.0 Å². The topological polar surface area (TPSA) is 283 Å². The number of rotatable bonds is 21. The van der Waals surface area contributed by atoms with E-state index < -0.39 is 153 Å². The summed E-state index contributed by atoms with van der Waals surface area (Å²) in [7, 11) is 0. The largest absolute Gasteiger partial charge is 0.463 e. The second-order valence-electron chi connectivity index (χ2n) is 21.0. The molecule has 0 saturated carbocycles. The number of ether oxygens (including phenoxy) is 12. The highest BCUT2D eigenvalue weighted by atomic mass is 16.8. The van der Waals surface area contributed by atoms with E-state index in [4.69, 9.17) is 56.8 Å². The average molecular weight is 1210 g/mol. The maximum absolute atomic E-state index is 14.4. The third-order valence-electron chi connectivity index (χ3n) is 14.8. The van der Waals surface area contributed by atoms with Crippen LogP contribution >= 0.6 is 0 Å². The summed E-state index contributed by atoms with van der Waals surface area (Å²) < 4.78 is 75.7. The molecule has 1 amide bonds. The van der Waals surface area contributed by atoms with Crippen molar-refractivity contribution in [1.29, 1.82) is 0 Å². The zero-order chi connectivity index (χ0) is 62.5. The molecule has 0 spiro atoms. The number of esters is 6. The van der Waals surface area contributed by atoms with Gasteiger partial charge < -0.3 is 72.4 Å². The molecule has 0 radical (unpaired) electrons. The molecular weight excluding hydrogens is 1140 g/mol. The average Bonchev–Trinajstić information content (AvgIpc) is 0.943. The standard InChI is InChI=1S/C66H67NO21/c1-38-53(84-60(73)43-24-12-6-13-25-43)56(85-61(74)44-26-14-7-15-27-44)58(86-62(75)45-28-16-8-17-29-45)64(79-38)88-59-57(81-42(5)71)54(80-41(4)70)50(36-77-40(3)69)83-65(59)87-55-51(67-39(2)68)63(76)82-49(52(55)72)37-78-66(46-30-18-9-19-31-46,47-32-20-10-21-33-47)48-34-22-11-23-35-48/h6-35,38,49-59,63-65,72,76H,36-37H2,1-5H3,(H,67,68)/t38-,49+,50+,51+,52+,53+,54-,55+,56+,57-,58-,59+,63+,64-,65?/m0/s1. The number of carbonyl (C=O) groups excluding carboxylic acids is 7. The highest BCUT2D eigenvalue weighted by molar-refractivity contribution is 5.91. The quantitative estimate of drug-likeness (QED) is 0.0428.